The number of aliphatic imine (C=N–C) groups is 1. The Bertz CT molecular complexity index is 1240. The zero-order chi connectivity index (χ0) is 29.0. The fourth-order valence-corrected chi connectivity index (χ4v) is 5.57. The van der Waals surface area contributed by atoms with E-state index in [1.54, 1.807) is 56.3 Å². The van der Waals surface area contributed by atoms with Gasteiger partial charge in [0.25, 0.3) is 0 Å². The number of aliphatic hydroxyl groups is 2. The van der Waals surface area contributed by atoms with Gasteiger partial charge in [0.05, 0.1) is 18.4 Å². The van der Waals surface area contributed by atoms with Crippen LogP contribution in [0, 0.1) is 0 Å². The minimum atomic E-state index is -4.25. The van der Waals surface area contributed by atoms with Crippen LogP contribution in [0.4, 0.5) is 0 Å². The molecule has 0 unspecified atom stereocenters. The molecule has 0 bridgehead atoms. The molecule has 6 atom stereocenters. The fraction of sp³-hybridized carbons (Fsp3) is 0.480. The number of rotatable bonds is 12. The number of nitrogens with two attached hydrogens (primary N) is 1. The average molecular weight is 566 g/mol. The highest BCUT2D eigenvalue weighted by Crippen LogP contribution is 2.48. The molecule has 0 spiro atoms. The molecular formula is C25H36N5O8P. The van der Waals surface area contributed by atoms with Crippen molar-refractivity contribution in [3.63, 3.8) is 0 Å². The zero-order valence-electron chi connectivity index (χ0n) is 22.6. The number of aliphatic hydroxyl groups excluding tert-OH is 2. The Balaban J connectivity index is 1.84. The van der Waals surface area contributed by atoms with Gasteiger partial charge in [-0.25, -0.2) is 9.24 Å². The van der Waals surface area contributed by atoms with Crippen LogP contribution < -0.4 is 15.3 Å². The largest absolute Gasteiger partial charge is 0.462 e. The maximum Gasteiger partial charge on any atom is 0.459 e. The van der Waals surface area contributed by atoms with E-state index in [-0.39, 0.29) is 17.7 Å². The van der Waals surface area contributed by atoms with Crippen molar-refractivity contribution in [2.75, 3.05) is 13.7 Å². The van der Waals surface area contributed by atoms with Gasteiger partial charge in [0.2, 0.25) is 0 Å². The van der Waals surface area contributed by atoms with Crippen molar-refractivity contribution in [3.8, 4) is 5.75 Å². The summed E-state index contributed by atoms with van der Waals surface area (Å²) in [7, 11) is -2.73. The number of para-hydroxylation sites is 1. The van der Waals surface area contributed by atoms with E-state index < -0.39 is 50.3 Å². The van der Waals surface area contributed by atoms with Gasteiger partial charge in [-0.15, -0.1) is 0 Å². The SMILES string of the molecule is C=Nn1c(/C(N)=N\C)ccc1[C@@H]1O[C@](C)(CO[P@](=O)(N[C@@H](C)C(=O)OC(C)C)Oc2ccccc2)[C@@H](O)[C@H]1O. The van der Waals surface area contributed by atoms with E-state index in [0.717, 1.165) is 0 Å². The molecule has 1 saturated heterocycles. The molecule has 0 amide bonds. The standard InChI is InChI=1S/C25H36N5O8P/c1-15(2)36-24(33)16(3)29-39(34,38-17-10-8-7-9-11-17)35-14-25(4)22(32)20(31)21(37-25)18-12-13-19(23(26)27-5)30(18)28-6/h7-13,15-16,20-22,31-32H,6,14H2,1-5H3,(H2,26,27)(H,29,34)/t16-,20-,21-,22-,25+,39+/m0/s1. The summed E-state index contributed by atoms with van der Waals surface area (Å²) < 4.78 is 37.8. The van der Waals surface area contributed by atoms with Crippen LogP contribution in [-0.2, 0) is 23.4 Å². The normalized spacial score (nSPS) is 25.7. The van der Waals surface area contributed by atoms with Crippen LogP contribution in [0.3, 0.4) is 0 Å². The Morgan fingerprint density at radius 3 is 2.51 bits per heavy atom. The van der Waals surface area contributed by atoms with Crippen molar-refractivity contribution in [3.05, 3.63) is 53.9 Å². The molecule has 2 heterocycles. The quantitative estimate of drug-likeness (QED) is 0.129. The van der Waals surface area contributed by atoms with Crippen molar-refractivity contribution in [2.24, 2.45) is 15.8 Å². The summed E-state index contributed by atoms with van der Waals surface area (Å²) in [5.41, 5.74) is 5.15. The number of aromatic nitrogens is 1. The van der Waals surface area contributed by atoms with E-state index in [4.69, 9.17) is 24.3 Å². The summed E-state index contributed by atoms with van der Waals surface area (Å²) in [6.07, 6.45) is -4.34. The molecule has 3 rings (SSSR count). The third-order valence-corrected chi connectivity index (χ3v) is 7.65. The smallest absolute Gasteiger partial charge is 0.459 e. The maximum atomic E-state index is 13.8. The van der Waals surface area contributed by atoms with Crippen molar-refractivity contribution in [2.45, 2.75) is 63.8 Å². The van der Waals surface area contributed by atoms with Gasteiger partial charge in [0.1, 0.15) is 47.2 Å². The topological polar surface area (TPSA) is 179 Å². The minimum absolute atomic E-state index is 0.183. The number of benzene rings is 1. The number of esters is 1. The first-order chi connectivity index (χ1) is 18.3. The molecular weight excluding hydrogens is 529 g/mol. The van der Waals surface area contributed by atoms with Crippen LogP contribution in [-0.4, -0.2) is 77.0 Å². The predicted molar refractivity (Wildman–Crippen MR) is 145 cm³/mol. The third kappa shape index (κ3) is 6.93. The monoisotopic (exact) mass is 565 g/mol. The van der Waals surface area contributed by atoms with Gasteiger partial charge in [0, 0.05) is 13.8 Å². The van der Waals surface area contributed by atoms with E-state index >= 15 is 0 Å². The molecule has 5 N–H and O–H groups in total. The van der Waals surface area contributed by atoms with E-state index in [0.29, 0.717) is 11.4 Å². The number of nitrogens with one attached hydrogen (secondary N) is 1. The molecule has 2 aromatic rings. The summed E-state index contributed by atoms with van der Waals surface area (Å²) in [6.45, 7) is 9.37. The van der Waals surface area contributed by atoms with Crippen molar-refractivity contribution in [1.82, 2.24) is 9.76 Å². The summed E-state index contributed by atoms with van der Waals surface area (Å²) in [4.78, 5) is 16.3. The molecule has 214 valence electrons. The lowest BCUT2D eigenvalue weighted by molar-refractivity contribution is -0.149. The second kappa shape index (κ2) is 12.4. The van der Waals surface area contributed by atoms with Gasteiger partial charge in [-0.3, -0.25) is 14.3 Å². The number of nitrogens with zero attached hydrogens (tertiary/aromatic N) is 3. The molecule has 13 nitrogen and oxygen atoms in total. The Kier molecular flexibility index (Phi) is 9.70. The number of hydrogen-bond acceptors (Lipinski definition) is 10. The molecule has 14 heteroatoms. The average Bonchev–Trinajstić information content (AvgIpc) is 3.42. The highest BCUT2D eigenvalue weighted by Gasteiger charge is 2.54. The van der Waals surface area contributed by atoms with Crippen LogP contribution in [0.25, 0.3) is 0 Å². The lowest BCUT2D eigenvalue weighted by Crippen LogP contribution is -2.45. The molecule has 1 fully saturated rings. The highest BCUT2D eigenvalue weighted by molar-refractivity contribution is 7.52. The third-order valence-electron chi connectivity index (χ3n) is 6.02. The van der Waals surface area contributed by atoms with Crippen LogP contribution in [0.5, 0.6) is 5.75 Å². The van der Waals surface area contributed by atoms with Gasteiger partial charge in [-0.05, 0) is 52.0 Å². The Morgan fingerprint density at radius 1 is 1.26 bits per heavy atom. The van der Waals surface area contributed by atoms with E-state index in [1.165, 1.54) is 25.6 Å². The first-order valence-corrected chi connectivity index (χ1v) is 13.8. The second-order valence-electron chi connectivity index (χ2n) is 9.50. The number of ether oxygens (including phenoxy) is 2. The second-order valence-corrected chi connectivity index (χ2v) is 11.2. The number of carbonyl (C=O) groups is 1. The molecule has 1 aromatic heterocycles. The maximum absolute atomic E-state index is 13.8. The minimum Gasteiger partial charge on any atom is -0.462 e. The van der Waals surface area contributed by atoms with Crippen LogP contribution in [0.1, 0.15) is 45.2 Å². The van der Waals surface area contributed by atoms with E-state index in [9.17, 15) is 19.6 Å². The van der Waals surface area contributed by atoms with Crippen molar-refractivity contribution < 1.29 is 38.1 Å². The zero-order valence-corrected chi connectivity index (χ0v) is 23.4. The van der Waals surface area contributed by atoms with Crippen molar-refractivity contribution in [1.29, 1.82) is 0 Å². The highest BCUT2D eigenvalue weighted by atomic mass is 31.2. The Morgan fingerprint density at radius 2 is 1.92 bits per heavy atom. The molecule has 0 aliphatic carbocycles. The molecule has 1 aromatic carbocycles. The lowest BCUT2D eigenvalue weighted by atomic mass is 9.97. The Hall–Kier alpha value is -3.06. The van der Waals surface area contributed by atoms with Gasteiger partial charge in [0.15, 0.2) is 0 Å². The number of carbonyl (C=O) groups excluding carboxylic acids is 1. The first kappa shape index (κ1) is 30.5. The first-order valence-electron chi connectivity index (χ1n) is 12.3. The Labute approximate surface area is 227 Å². The van der Waals surface area contributed by atoms with Crippen LogP contribution >= 0.6 is 7.75 Å². The molecule has 0 saturated carbocycles. The van der Waals surface area contributed by atoms with Gasteiger partial charge < -0.3 is 29.9 Å². The fourth-order valence-electron chi connectivity index (χ4n) is 3.98. The number of hydrogen-bond donors (Lipinski definition) is 4. The summed E-state index contributed by atoms with van der Waals surface area (Å²) >= 11 is 0. The van der Waals surface area contributed by atoms with Gasteiger partial charge in [-0.2, -0.15) is 10.2 Å². The van der Waals surface area contributed by atoms with E-state index in [1.807, 2.05) is 0 Å². The molecule has 39 heavy (non-hydrogen) atoms. The van der Waals surface area contributed by atoms with Gasteiger partial charge in [-0.1, -0.05) is 18.2 Å². The van der Waals surface area contributed by atoms with Crippen LogP contribution in [0.2, 0.25) is 0 Å². The number of amidine groups is 1. The molecule has 0 radical (unpaired) electrons. The summed E-state index contributed by atoms with van der Waals surface area (Å²) in [5.74, 6) is -0.262. The lowest BCUT2D eigenvalue weighted by Gasteiger charge is -2.30. The molecule has 1 aliphatic rings. The summed E-state index contributed by atoms with van der Waals surface area (Å²) in [5, 5.41) is 28.4. The van der Waals surface area contributed by atoms with E-state index in [2.05, 4.69) is 21.9 Å². The predicted octanol–water partition coefficient (Wildman–Crippen LogP) is 1.97. The molecule has 1 aliphatic heterocycles. The van der Waals surface area contributed by atoms with Crippen molar-refractivity contribution >= 4 is 26.3 Å². The van der Waals surface area contributed by atoms with Gasteiger partial charge >= 0.3 is 13.7 Å². The summed E-state index contributed by atoms with van der Waals surface area (Å²) in [6, 6.07) is 10.4. The van der Waals surface area contributed by atoms with Crippen LogP contribution in [0.15, 0.2) is 52.6 Å².